The molecule has 124 valence electrons. The monoisotopic (exact) mass is 321 g/mol. The second kappa shape index (κ2) is 8.39. The summed E-state index contributed by atoms with van der Waals surface area (Å²) in [4.78, 5) is 13.4. The summed E-state index contributed by atoms with van der Waals surface area (Å²) in [5, 5.41) is 12.5. The lowest BCUT2D eigenvalue weighted by molar-refractivity contribution is 0.603. The van der Waals surface area contributed by atoms with Crippen molar-refractivity contribution in [3.63, 3.8) is 0 Å². The minimum absolute atomic E-state index is 0.156. The summed E-state index contributed by atoms with van der Waals surface area (Å²) in [6.45, 7) is 2.44. The first-order valence-electron chi connectivity index (χ1n) is 8.65. The van der Waals surface area contributed by atoms with Crippen molar-refractivity contribution in [3.05, 3.63) is 30.1 Å². The number of aromatic nitrogens is 1. The number of aliphatic imine (C=N–C) groups is 2. The van der Waals surface area contributed by atoms with Crippen molar-refractivity contribution in [2.24, 2.45) is 15.9 Å². The van der Waals surface area contributed by atoms with Gasteiger partial charge in [-0.05, 0) is 37.0 Å². The van der Waals surface area contributed by atoms with Crippen molar-refractivity contribution in [3.8, 4) is 6.07 Å². The van der Waals surface area contributed by atoms with Gasteiger partial charge in [0.2, 0.25) is 0 Å². The average molecular weight is 321 g/mol. The molecule has 1 atom stereocenters. The molecular formula is C19H23N5. The Bertz CT molecular complexity index is 696. The molecule has 0 fully saturated rings. The van der Waals surface area contributed by atoms with Crippen LogP contribution in [-0.2, 0) is 0 Å². The molecule has 0 saturated carbocycles. The van der Waals surface area contributed by atoms with E-state index in [0.717, 1.165) is 63.1 Å². The molecule has 5 nitrogen and oxygen atoms in total. The van der Waals surface area contributed by atoms with Gasteiger partial charge in [-0.15, -0.1) is 0 Å². The molecule has 3 rings (SSSR count). The van der Waals surface area contributed by atoms with Crippen molar-refractivity contribution in [2.75, 3.05) is 25.0 Å². The molecule has 0 spiro atoms. The first kappa shape index (κ1) is 16.4. The highest BCUT2D eigenvalue weighted by molar-refractivity contribution is 5.97. The van der Waals surface area contributed by atoms with Crippen LogP contribution in [0, 0.1) is 17.2 Å². The standard InChI is InChI=1S/C19H23N5/c20-14-15-3-5-16(6-4-15)19-18(2-1-9-24-19)23-13-12-22-17-7-10-21-11-8-17/h1-2,5,9-10,15,23H,3-4,6-8,11-13H2. The zero-order valence-corrected chi connectivity index (χ0v) is 13.9. The van der Waals surface area contributed by atoms with E-state index in [9.17, 15) is 0 Å². The van der Waals surface area contributed by atoms with Crippen LogP contribution >= 0.6 is 0 Å². The largest absolute Gasteiger partial charge is 0.381 e. The van der Waals surface area contributed by atoms with Crippen LogP contribution in [0.2, 0.25) is 0 Å². The maximum absolute atomic E-state index is 9.03. The number of nitrogens with zero attached hydrogens (tertiary/aromatic N) is 4. The summed E-state index contributed by atoms with van der Waals surface area (Å²) in [5.41, 5.74) is 4.58. The number of anilines is 1. The van der Waals surface area contributed by atoms with E-state index in [-0.39, 0.29) is 5.92 Å². The molecule has 1 aromatic heterocycles. The lowest BCUT2D eigenvalue weighted by Gasteiger charge is -2.18. The van der Waals surface area contributed by atoms with Gasteiger partial charge in [-0.2, -0.15) is 5.26 Å². The smallest absolute Gasteiger partial charge is 0.0889 e. The number of nitriles is 1. The Morgan fingerprint density at radius 1 is 1.38 bits per heavy atom. The van der Waals surface area contributed by atoms with Gasteiger partial charge in [0.25, 0.3) is 0 Å². The summed E-state index contributed by atoms with van der Waals surface area (Å²) in [7, 11) is 0. The van der Waals surface area contributed by atoms with E-state index in [2.05, 4.69) is 38.5 Å². The molecule has 1 aliphatic carbocycles. The van der Waals surface area contributed by atoms with Crippen LogP contribution in [0.4, 0.5) is 5.69 Å². The Morgan fingerprint density at radius 2 is 2.33 bits per heavy atom. The molecule has 0 aromatic carbocycles. The van der Waals surface area contributed by atoms with Crippen molar-refractivity contribution in [1.29, 1.82) is 5.26 Å². The fourth-order valence-electron chi connectivity index (χ4n) is 3.08. The molecule has 0 saturated heterocycles. The van der Waals surface area contributed by atoms with E-state index in [4.69, 9.17) is 5.26 Å². The molecule has 1 aliphatic heterocycles. The highest BCUT2D eigenvalue weighted by Gasteiger charge is 2.17. The van der Waals surface area contributed by atoms with Gasteiger partial charge in [0.1, 0.15) is 0 Å². The van der Waals surface area contributed by atoms with Crippen molar-refractivity contribution in [1.82, 2.24) is 4.98 Å². The Morgan fingerprint density at radius 3 is 3.08 bits per heavy atom. The maximum atomic E-state index is 9.03. The third kappa shape index (κ3) is 4.29. The molecule has 0 bridgehead atoms. The number of allylic oxidation sites excluding steroid dienone is 2. The van der Waals surface area contributed by atoms with Gasteiger partial charge in [-0.3, -0.25) is 15.0 Å². The van der Waals surface area contributed by atoms with Gasteiger partial charge >= 0.3 is 0 Å². The Kier molecular flexibility index (Phi) is 5.73. The fourth-order valence-corrected chi connectivity index (χ4v) is 3.08. The number of hydrogen-bond donors (Lipinski definition) is 1. The third-order valence-corrected chi connectivity index (χ3v) is 4.45. The number of hydrogen-bond acceptors (Lipinski definition) is 5. The van der Waals surface area contributed by atoms with Crippen LogP contribution in [0.5, 0.6) is 0 Å². The normalized spacial score (nSPS) is 22.0. The predicted molar refractivity (Wildman–Crippen MR) is 98.6 cm³/mol. The minimum Gasteiger partial charge on any atom is -0.381 e. The average Bonchev–Trinajstić information content (AvgIpc) is 2.66. The van der Waals surface area contributed by atoms with Crippen LogP contribution in [-0.4, -0.2) is 36.5 Å². The van der Waals surface area contributed by atoms with Gasteiger partial charge in [-0.1, -0.05) is 6.08 Å². The van der Waals surface area contributed by atoms with Gasteiger partial charge in [0.15, 0.2) is 0 Å². The predicted octanol–water partition coefficient (Wildman–Crippen LogP) is 3.51. The van der Waals surface area contributed by atoms with E-state index >= 15 is 0 Å². The van der Waals surface area contributed by atoms with Crippen molar-refractivity contribution in [2.45, 2.75) is 32.1 Å². The molecule has 2 heterocycles. The maximum Gasteiger partial charge on any atom is 0.0889 e. The molecule has 0 radical (unpaired) electrons. The molecule has 0 amide bonds. The molecule has 24 heavy (non-hydrogen) atoms. The highest BCUT2D eigenvalue weighted by atomic mass is 14.9. The summed E-state index contributed by atoms with van der Waals surface area (Å²) >= 11 is 0. The second-order valence-electron chi connectivity index (χ2n) is 6.15. The highest BCUT2D eigenvalue weighted by Crippen LogP contribution is 2.32. The molecule has 1 N–H and O–H groups in total. The number of pyridine rings is 1. The topological polar surface area (TPSA) is 73.4 Å². The van der Waals surface area contributed by atoms with Crippen LogP contribution in [0.3, 0.4) is 0 Å². The Labute approximate surface area is 143 Å². The van der Waals surface area contributed by atoms with E-state index in [1.165, 1.54) is 11.3 Å². The molecule has 2 aliphatic rings. The fraction of sp³-hybridized carbons (Fsp3) is 0.474. The Hall–Kier alpha value is -2.48. The lowest BCUT2D eigenvalue weighted by Crippen LogP contribution is -2.12. The van der Waals surface area contributed by atoms with Crippen LogP contribution in [0.1, 0.15) is 37.8 Å². The quantitative estimate of drug-likeness (QED) is 0.843. The van der Waals surface area contributed by atoms with Crippen molar-refractivity contribution < 1.29 is 0 Å². The number of nitrogens with one attached hydrogen (secondary N) is 1. The van der Waals surface area contributed by atoms with Crippen LogP contribution in [0.25, 0.3) is 5.57 Å². The summed E-state index contributed by atoms with van der Waals surface area (Å²) < 4.78 is 0. The Balaban J connectivity index is 1.59. The number of rotatable bonds is 5. The lowest BCUT2D eigenvalue weighted by atomic mass is 9.89. The van der Waals surface area contributed by atoms with E-state index in [0.29, 0.717) is 0 Å². The summed E-state index contributed by atoms with van der Waals surface area (Å²) in [6.07, 6.45) is 10.5. The molecular weight excluding hydrogens is 298 g/mol. The van der Waals surface area contributed by atoms with Crippen LogP contribution < -0.4 is 5.32 Å². The summed E-state index contributed by atoms with van der Waals surface area (Å²) in [6, 6.07) is 6.38. The van der Waals surface area contributed by atoms with Gasteiger partial charge in [0, 0.05) is 44.1 Å². The van der Waals surface area contributed by atoms with E-state index in [1.54, 1.807) is 0 Å². The zero-order chi connectivity index (χ0) is 16.6. The third-order valence-electron chi connectivity index (χ3n) is 4.45. The van der Waals surface area contributed by atoms with Gasteiger partial charge in [0.05, 0.1) is 29.9 Å². The van der Waals surface area contributed by atoms with Gasteiger partial charge < -0.3 is 5.32 Å². The van der Waals surface area contributed by atoms with Crippen molar-refractivity contribution >= 4 is 23.2 Å². The SMILES string of the molecule is N#CC1CC=C(c2ncccc2NCCN=C2CC=NCC2)CC1. The first-order chi connectivity index (χ1) is 11.9. The van der Waals surface area contributed by atoms with Gasteiger partial charge in [-0.25, -0.2) is 0 Å². The summed E-state index contributed by atoms with van der Waals surface area (Å²) in [5.74, 6) is 0.156. The van der Waals surface area contributed by atoms with Crippen LogP contribution in [0.15, 0.2) is 34.4 Å². The second-order valence-corrected chi connectivity index (χ2v) is 6.15. The molecule has 5 heteroatoms. The van der Waals surface area contributed by atoms with E-state index in [1.807, 2.05) is 18.5 Å². The van der Waals surface area contributed by atoms with E-state index < -0.39 is 0 Å². The zero-order valence-electron chi connectivity index (χ0n) is 13.9. The first-order valence-corrected chi connectivity index (χ1v) is 8.65. The molecule has 1 unspecified atom stereocenters. The minimum atomic E-state index is 0.156. The molecule has 1 aromatic rings.